The standard InChI is InChI=1S/C14H22N2O3S/c1-3-20(17,18)15-8-9-16-10-12(2)19-14-7-5-4-6-13(14)11-16/h4-7,12,15H,3,8-11H2,1-2H3. The average Bonchev–Trinajstić information content (AvgIpc) is 2.56. The number of fused-ring (bicyclic) bond motifs is 1. The Morgan fingerprint density at radius 3 is 2.90 bits per heavy atom. The molecule has 0 spiro atoms. The van der Waals surface area contributed by atoms with E-state index in [1.165, 1.54) is 0 Å². The average molecular weight is 298 g/mol. The van der Waals surface area contributed by atoms with E-state index in [0.29, 0.717) is 13.1 Å². The third kappa shape index (κ3) is 4.19. The van der Waals surface area contributed by atoms with Crippen molar-refractivity contribution >= 4 is 10.0 Å². The van der Waals surface area contributed by atoms with Crippen molar-refractivity contribution in [2.24, 2.45) is 0 Å². The van der Waals surface area contributed by atoms with E-state index >= 15 is 0 Å². The molecule has 20 heavy (non-hydrogen) atoms. The number of hydrogen-bond acceptors (Lipinski definition) is 4. The van der Waals surface area contributed by atoms with Crippen molar-refractivity contribution < 1.29 is 13.2 Å². The van der Waals surface area contributed by atoms with Crippen LogP contribution in [0.3, 0.4) is 0 Å². The molecule has 1 aromatic carbocycles. The second-order valence-corrected chi connectivity index (χ2v) is 7.16. The molecule has 5 nitrogen and oxygen atoms in total. The highest BCUT2D eigenvalue weighted by atomic mass is 32.2. The number of benzene rings is 1. The molecule has 2 rings (SSSR count). The summed E-state index contributed by atoms with van der Waals surface area (Å²) in [6.45, 7) is 6.37. The van der Waals surface area contributed by atoms with Gasteiger partial charge in [0.05, 0.1) is 5.75 Å². The summed E-state index contributed by atoms with van der Waals surface area (Å²) in [6.07, 6.45) is 0.0985. The van der Waals surface area contributed by atoms with E-state index in [1.807, 2.05) is 25.1 Å². The van der Waals surface area contributed by atoms with Gasteiger partial charge in [-0.25, -0.2) is 13.1 Å². The molecule has 1 N–H and O–H groups in total. The Hall–Kier alpha value is -1.11. The lowest BCUT2D eigenvalue weighted by molar-refractivity contribution is 0.162. The van der Waals surface area contributed by atoms with Crippen molar-refractivity contribution in [1.82, 2.24) is 9.62 Å². The van der Waals surface area contributed by atoms with Gasteiger partial charge in [0.1, 0.15) is 11.9 Å². The molecule has 0 saturated carbocycles. The summed E-state index contributed by atoms with van der Waals surface area (Å²) in [5.41, 5.74) is 1.15. The molecular formula is C14H22N2O3S. The third-order valence-electron chi connectivity index (χ3n) is 3.34. The molecule has 0 radical (unpaired) electrons. The largest absolute Gasteiger partial charge is 0.489 e. The minimum Gasteiger partial charge on any atom is -0.489 e. The highest BCUT2D eigenvalue weighted by Gasteiger charge is 2.19. The lowest BCUT2D eigenvalue weighted by Crippen LogP contribution is -2.38. The lowest BCUT2D eigenvalue weighted by Gasteiger charge is -2.21. The quantitative estimate of drug-likeness (QED) is 0.887. The van der Waals surface area contributed by atoms with Gasteiger partial charge in [0, 0.05) is 31.7 Å². The van der Waals surface area contributed by atoms with Crippen molar-refractivity contribution in [3.05, 3.63) is 29.8 Å². The third-order valence-corrected chi connectivity index (χ3v) is 4.74. The van der Waals surface area contributed by atoms with E-state index in [4.69, 9.17) is 4.74 Å². The molecule has 0 aromatic heterocycles. The summed E-state index contributed by atoms with van der Waals surface area (Å²) in [6, 6.07) is 8.00. The van der Waals surface area contributed by atoms with Gasteiger partial charge in [-0.1, -0.05) is 18.2 Å². The van der Waals surface area contributed by atoms with Gasteiger partial charge in [-0.2, -0.15) is 0 Å². The molecule has 0 bridgehead atoms. The van der Waals surface area contributed by atoms with Crippen molar-refractivity contribution in [2.45, 2.75) is 26.5 Å². The van der Waals surface area contributed by atoms with Crippen molar-refractivity contribution in [3.63, 3.8) is 0 Å². The second-order valence-electron chi connectivity index (χ2n) is 5.07. The molecule has 0 amide bonds. The number of rotatable bonds is 5. The summed E-state index contributed by atoms with van der Waals surface area (Å²) in [4.78, 5) is 2.22. The number of ether oxygens (including phenoxy) is 1. The van der Waals surface area contributed by atoms with Crippen LogP contribution in [0.1, 0.15) is 19.4 Å². The van der Waals surface area contributed by atoms with Crippen LogP contribution < -0.4 is 9.46 Å². The Bertz CT molecular complexity index is 545. The minimum absolute atomic E-state index is 0.0985. The highest BCUT2D eigenvalue weighted by Crippen LogP contribution is 2.24. The lowest BCUT2D eigenvalue weighted by atomic mass is 10.2. The van der Waals surface area contributed by atoms with Crippen LogP contribution in [0.15, 0.2) is 24.3 Å². The minimum atomic E-state index is -3.11. The molecule has 1 atom stereocenters. The fourth-order valence-corrected chi connectivity index (χ4v) is 2.91. The van der Waals surface area contributed by atoms with Crippen molar-refractivity contribution in [3.8, 4) is 5.75 Å². The van der Waals surface area contributed by atoms with Crippen LogP contribution in [0, 0.1) is 0 Å². The first kappa shape index (κ1) is 15.3. The zero-order chi connectivity index (χ0) is 14.6. The van der Waals surface area contributed by atoms with Gasteiger partial charge in [-0.3, -0.25) is 4.90 Å². The predicted molar refractivity (Wildman–Crippen MR) is 79.3 cm³/mol. The number of nitrogens with zero attached hydrogens (tertiary/aromatic N) is 1. The monoisotopic (exact) mass is 298 g/mol. The zero-order valence-corrected chi connectivity index (χ0v) is 12.8. The highest BCUT2D eigenvalue weighted by molar-refractivity contribution is 7.89. The first-order valence-electron chi connectivity index (χ1n) is 6.94. The zero-order valence-electron chi connectivity index (χ0n) is 12.0. The molecule has 0 fully saturated rings. The molecule has 6 heteroatoms. The van der Waals surface area contributed by atoms with Crippen LogP contribution in [0.5, 0.6) is 5.75 Å². The molecule has 0 saturated heterocycles. The van der Waals surface area contributed by atoms with Gasteiger partial charge in [0.15, 0.2) is 0 Å². The maximum atomic E-state index is 11.4. The topological polar surface area (TPSA) is 58.6 Å². The molecular weight excluding hydrogens is 276 g/mol. The predicted octanol–water partition coefficient (Wildman–Crippen LogP) is 1.21. The maximum absolute atomic E-state index is 11.4. The van der Waals surface area contributed by atoms with E-state index in [1.54, 1.807) is 6.92 Å². The SMILES string of the molecule is CCS(=O)(=O)NCCN1Cc2ccccc2OC(C)C1. The van der Waals surface area contributed by atoms with Gasteiger partial charge < -0.3 is 4.74 Å². The van der Waals surface area contributed by atoms with Crippen molar-refractivity contribution in [2.75, 3.05) is 25.4 Å². The summed E-state index contributed by atoms with van der Waals surface area (Å²) in [7, 11) is -3.11. The van der Waals surface area contributed by atoms with E-state index in [0.717, 1.165) is 24.4 Å². The Morgan fingerprint density at radius 1 is 1.40 bits per heavy atom. The van der Waals surface area contributed by atoms with Gasteiger partial charge in [-0.05, 0) is 19.9 Å². The van der Waals surface area contributed by atoms with E-state index in [-0.39, 0.29) is 11.9 Å². The molecule has 1 aromatic rings. The molecule has 1 heterocycles. The normalized spacial score (nSPS) is 20.0. The van der Waals surface area contributed by atoms with E-state index < -0.39 is 10.0 Å². The van der Waals surface area contributed by atoms with Crippen LogP contribution in [0.25, 0.3) is 0 Å². The number of sulfonamides is 1. The van der Waals surface area contributed by atoms with E-state index in [2.05, 4.69) is 15.7 Å². The van der Waals surface area contributed by atoms with E-state index in [9.17, 15) is 8.42 Å². The molecule has 1 unspecified atom stereocenters. The van der Waals surface area contributed by atoms with Gasteiger partial charge in [-0.15, -0.1) is 0 Å². The number of para-hydroxylation sites is 1. The molecule has 1 aliphatic heterocycles. The Labute approximate surface area is 121 Å². The smallest absolute Gasteiger partial charge is 0.211 e. The van der Waals surface area contributed by atoms with Crippen molar-refractivity contribution in [1.29, 1.82) is 0 Å². The summed E-state index contributed by atoms with van der Waals surface area (Å²) in [5, 5.41) is 0. The maximum Gasteiger partial charge on any atom is 0.211 e. The fraction of sp³-hybridized carbons (Fsp3) is 0.571. The van der Waals surface area contributed by atoms with Crippen LogP contribution in [0.2, 0.25) is 0 Å². The fourth-order valence-electron chi connectivity index (χ4n) is 2.30. The molecule has 0 aliphatic carbocycles. The summed E-state index contributed by atoms with van der Waals surface area (Å²) in [5.74, 6) is 1.05. The molecule has 112 valence electrons. The van der Waals surface area contributed by atoms with Crippen LogP contribution in [-0.2, 0) is 16.6 Å². The van der Waals surface area contributed by atoms with Crippen LogP contribution >= 0.6 is 0 Å². The first-order chi connectivity index (χ1) is 9.50. The Balaban J connectivity index is 1.96. The Kier molecular flexibility index (Phi) is 5.01. The van der Waals surface area contributed by atoms with Gasteiger partial charge >= 0.3 is 0 Å². The number of hydrogen-bond donors (Lipinski definition) is 1. The first-order valence-corrected chi connectivity index (χ1v) is 8.59. The Morgan fingerprint density at radius 2 is 2.15 bits per heavy atom. The summed E-state index contributed by atoms with van der Waals surface area (Å²) < 4.78 is 31.3. The molecule has 1 aliphatic rings. The van der Waals surface area contributed by atoms with Crippen LogP contribution in [-0.4, -0.2) is 44.8 Å². The number of nitrogens with one attached hydrogen (secondary N) is 1. The van der Waals surface area contributed by atoms with Gasteiger partial charge in [0.25, 0.3) is 0 Å². The van der Waals surface area contributed by atoms with Crippen LogP contribution in [0.4, 0.5) is 0 Å². The van der Waals surface area contributed by atoms with Gasteiger partial charge in [0.2, 0.25) is 10.0 Å². The summed E-state index contributed by atoms with van der Waals surface area (Å²) >= 11 is 0. The second kappa shape index (κ2) is 6.56.